The second-order valence-electron chi connectivity index (χ2n) is 5.92. The number of rotatable bonds is 6. The standard InChI is InChI=1S/C18H19ClN2O5S/c1-25-14-4-6-15(7-5-14)26-12-18(22)20-17-8-3-13(11-16(17)19)21-9-2-10-27(21,23)24/h3-8,11H,2,9-10,12H2,1H3,(H,20,22). The quantitative estimate of drug-likeness (QED) is 0.791. The zero-order valence-electron chi connectivity index (χ0n) is 14.6. The first-order valence-electron chi connectivity index (χ1n) is 8.26. The molecule has 0 bridgehead atoms. The molecule has 0 aromatic heterocycles. The highest BCUT2D eigenvalue weighted by Gasteiger charge is 2.28. The van der Waals surface area contributed by atoms with E-state index in [1.54, 1.807) is 43.5 Å². The van der Waals surface area contributed by atoms with Crippen molar-refractivity contribution in [2.24, 2.45) is 0 Å². The van der Waals surface area contributed by atoms with Crippen LogP contribution in [0, 0.1) is 0 Å². The molecule has 0 aliphatic carbocycles. The van der Waals surface area contributed by atoms with Crippen LogP contribution in [0.1, 0.15) is 6.42 Å². The van der Waals surface area contributed by atoms with Gasteiger partial charge in [-0.05, 0) is 48.9 Å². The first kappa shape index (κ1) is 19.3. The van der Waals surface area contributed by atoms with Gasteiger partial charge in [-0.25, -0.2) is 8.42 Å². The number of benzene rings is 2. The molecule has 2 aromatic rings. The maximum Gasteiger partial charge on any atom is 0.262 e. The molecule has 1 heterocycles. The van der Waals surface area contributed by atoms with Crippen molar-refractivity contribution >= 4 is 38.9 Å². The van der Waals surface area contributed by atoms with E-state index in [4.69, 9.17) is 21.1 Å². The predicted octanol–water partition coefficient (Wildman–Crippen LogP) is 2.91. The first-order chi connectivity index (χ1) is 12.9. The first-order valence-corrected chi connectivity index (χ1v) is 10.2. The Morgan fingerprint density at radius 1 is 1.19 bits per heavy atom. The summed E-state index contributed by atoms with van der Waals surface area (Å²) in [6, 6.07) is 11.6. The van der Waals surface area contributed by atoms with E-state index in [-0.39, 0.29) is 23.3 Å². The average molecular weight is 411 g/mol. The second-order valence-corrected chi connectivity index (χ2v) is 8.34. The fourth-order valence-corrected chi connectivity index (χ4v) is 4.48. The topological polar surface area (TPSA) is 84.9 Å². The molecule has 3 rings (SSSR count). The van der Waals surface area contributed by atoms with E-state index in [0.717, 1.165) is 0 Å². The largest absolute Gasteiger partial charge is 0.497 e. The summed E-state index contributed by atoms with van der Waals surface area (Å²) in [6.07, 6.45) is 0.584. The molecule has 0 saturated carbocycles. The lowest BCUT2D eigenvalue weighted by Crippen LogP contribution is -2.25. The highest BCUT2D eigenvalue weighted by molar-refractivity contribution is 7.93. The minimum atomic E-state index is -3.28. The van der Waals surface area contributed by atoms with Crippen molar-refractivity contribution in [3.8, 4) is 11.5 Å². The number of anilines is 2. The van der Waals surface area contributed by atoms with Crippen molar-refractivity contribution in [3.63, 3.8) is 0 Å². The van der Waals surface area contributed by atoms with Gasteiger partial charge in [0.2, 0.25) is 10.0 Å². The molecule has 0 atom stereocenters. The predicted molar refractivity (Wildman–Crippen MR) is 104 cm³/mol. The van der Waals surface area contributed by atoms with Crippen molar-refractivity contribution < 1.29 is 22.7 Å². The number of halogens is 1. The number of nitrogens with zero attached hydrogens (tertiary/aromatic N) is 1. The van der Waals surface area contributed by atoms with E-state index in [0.29, 0.717) is 35.8 Å². The lowest BCUT2D eigenvalue weighted by Gasteiger charge is -2.18. The molecule has 0 spiro atoms. The number of ether oxygens (including phenoxy) is 2. The molecule has 0 unspecified atom stereocenters. The number of amides is 1. The summed E-state index contributed by atoms with van der Waals surface area (Å²) in [5.41, 5.74) is 0.880. The molecule has 1 amide bonds. The van der Waals surface area contributed by atoms with Crippen molar-refractivity contribution in [1.29, 1.82) is 0 Å². The number of sulfonamides is 1. The summed E-state index contributed by atoms with van der Waals surface area (Å²) in [5.74, 6) is 0.978. The minimum Gasteiger partial charge on any atom is -0.497 e. The number of nitrogens with one attached hydrogen (secondary N) is 1. The number of methoxy groups -OCH3 is 1. The average Bonchev–Trinajstić information content (AvgIpc) is 3.01. The molecular weight excluding hydrogens is 392 g/mol. The van der Waals surface area contributed by atoms with Crippen LogP contribution in [-0.2, 0) is 14.8 Å². The van der Waals surface area contributed by atoms with Gasteiger partial charge in [-0.3, -0.25) is 9.10 Å². The summed E-state index contributed by atoms with van der Waals surface area (Å²) in [7, 11) is -1.71. The number of carbonyl (C=O) groups excluding carboxylic acids is 1. The van der Waals surface area contributed by atoms with E-state index in [9.17, 15) is 13.2 Å². The molecule has 7 nitrogen and oxygen atoms in total. The Morgan fingerprint density at radius 2 is 1.89 bits per heavy atom. The molecule has 27 heavy (non-hydrogen) atoms. The second kappa shape index (κ2) is 8.06. The smallest absolute Gasteiger partial charge is 0.262 e. The third-order valence-corrected chi connectivity index (χ3v) is 6.23. The van der Waals surface area contributed by atoms with Crippen LogP contribution in [0.3, 0.4) is 0 Å². The molecule has 1 saturated heterocycles. The lowest BCUT2D eigenvalue weighted by molar-refractivity contribution is -0.118. The van der Waals surface area contributed by atoms with Crippen LogP contribution in [0.4, 0.5) is 11.4 Å². The fourth-order valence-electron chi connectivity index (χ4n) is 2.70. The minimum absolute atomic E-state index is 0.131. The van der Waals surface area contributed by atoms with Gasteiger partial charge in [-0.1, -0.05) is 11.6 Å². The highest BCUT2D eigenvalue weighted by Crippen LogP contribution is 2.31. The van der Waals surface area contributed by atoms with Gasteiger partial charge in [0.25, 0.3) is 5.91 Å². The number of hydrogen-bond donors (Lipinski definition) is 1. The normalized spacial score (nSPS) is 15.4. The summed E-state index contributed by atoms with van der Waals surface area (Å²) < 4.78 is 35.8. The van der Waals surface area contributed by atoms with Gasteiger partial charge in [0.15, 0.2) is 6.61 Å². The highest BCUT2D eigenvalue weighted by atomic mass is 35.5. The SMILES string of the molecule is COc1ccc(OCC(=O)Nc2ccc(N3CCCS3(=O)=O)cc2Cl)cc1. The van der Waals surface area contributed by atoms with Crippen LogP contribution in [0.5, 0.6) is 11.5 Å². The molecule has 144 valence electrons. The summed E-state index contributed by atoms with van der Waals surface area (Å²) in [5, 5.41) is 2.91. The van der Waals surface area contributed by atoms with Gasteiger partial charge in [0, 0.05) is 6.54 Å². The van der Waals surface area contributed by atoms with Gasteiger partial charge in [-0.15, -0.1) is 0 Å². The van der Waals surface area contributed by atoms with Gasteiger partial charge < -0.3 is 14.8 Å². The Balaban J connectivity index is 1.60. The van der Waals surface area contributed by atoms with Gasteiger partial charge in [-0.2, -0.15) is 0 Å². The molecule has 1 aliphatic rings. The molecular formula is C18H19ClN2O5S. The van der Waals surface area contributed by atoms with Gasteiger partial charge in [0.1, 0.15) is 11.5 Å². The van der Waals surface area contributed by atoms with Crippen LogP contribution in [0.2, 0.25) is 5.02 Å². The van der Waals surface area contributed by atoms with Gasteiger partial charge in [0.05, 0.1) is 29.3 Å². The third-order valence-electron chi connectivity index (χ3n) is 4.04. The maximum atomic E-state index is 12.1. The zero-order valence-corrected chi connectivity index (χ0v) is 16.2. The number of hydrogen-bond acceptors (Lipinski definition) is 5. The summed E-state index contributed by atoms with van der Waals surface area (Å²) in [6.45, 7) is 0.241. The molecule has 2 aromatic carbocycles. The molecule has 1 fully saturated rings. The molecule has 1 N–H and O–H groups in total. The monoisotopic (exact) mass is 410 g/mol. The van der Waals surface area contributed by atoms with E-state index in [1.807, 2.05) is 0 Å². The van der Waals surface area contributed by atoms with Crippen LogP contribution in [0.15, 0.2) is 42.5 Å². The Hall–Kier alpha value is -2.45. The van der Waals surface area contributed by atoms with Crippen molar-refractivity contribution in [1.82, 2.24) is 0 Å². The number of carbonyl (C=O) groups is 1. The lowest BCUT2D eigenvalue weighted by atomic mass is 10.2. The Morgan fingerprint density at radius 3 is 2.48 bits per heavy atom. The van der Waals surface area contributed by atoms with Crippen molar-refractivity contribution in [2.45, 2.75) is 6.42 Å². The summed E-state index contributed by atoms with van der Waals surface area (Å²) >= 11 is 6.20. The molecule has 9 heteroatoms. The Bertz CT molecular complexity index is 931. The van der Waals surface area contributed by atoms with E-state index >= 15 is 0 Å². The van der Waals surface area contributed by atoms with Crippen LogP contribution in [-0.4, -0.2) is 40.3 Å². The fraction of sp³-hybridized carbons (Fsp3) is 0.278. The molecule has 1 aliphatic heterocycles. The van der Waals surface area contributed by atoms with Crippen molar-refractivity contribution in [2.75, 3.05) is 35.6 Å². The third kappa shape index (κ3) is 4.64. The Labute approximate surface area is 162 Å². The maximum absolute atomic E-state index is 12.1. The van der Waals surface area contributed by atoms with E-state index < -0.39 is 10.0 Å². The molecule has 0 radical (unpaired) electrons. The zero-order chi connectivity index (χ0) is 19.4. The van der Waals surface area contributed by atoms with Crippen LogP contribution in [0.25, 0.3) is 0 Å². The van der Waals surface area contributed by atoms with Crippen LogP contribution < -0.4 is 19.1 Å². The Kier molecular flexibility index (Phi) is 5.76. The summed E-state index contributed by atoms with van der Waals surface area (Å²) in [4.78, 5) is 12.1. The van der Waals surface area contributed by atoms with E-state index in [2.05, 4.69) is 5.32 Å². The van der Waals surface area contributed by atoms with Crippen LogP contribution >= 0.6 is 11.6 Å². The van der Waals surface area contributed by atoms with E-state index in [1.165, 1.54) is 10.4 Å². The van der Waals surface area contributed by atoms with Crippen molar-refractivity contribution in [3.05, 3.63) is 47.5 Å². The van der Waals surface area contributed by atoms with Gasteiger partial charge >= 0.3 is 0 Å².